The van der Waals surface area contributed by atoms with Crippen LogP contribution in [0.15, 0.2) is 39.3 Å². The molecule has 0 unspecified atom stereocenters. The SMILES string of the molecule is COC(=O)c1ccccc1N=Nc1c(O)[nH][nH]c1=O. The number of hydrogen-bond acceptors (Lipinski definition) is 6. The van der Waals surface area contributed by atoms with E-state index in [9.17, 15) is 14.7 Å². The van der Waals surface area contributed by atoms with Gasteiger partial charge in [0.1, 0.15) is 5.69 Å². The number of aromatic hydroxyl groups is 1. The number of nitrogens with zero attached hydrogens (tertiary/aromatic N) is 2. The Hall–Kier alpha value is -2.90. The van der Waals surface area contributed by atoms with Crippen LogP contribution in [-0.4, -0.2) is 28.4 Å². The van der Waals surface area contributed by atoms with Gasteiger partial charge in [-0.15, -0.1) is 10.2 Å². The first-order chi connectivity index (χ1) is 9.13. The summed E-state index contributed by atoms with van der Waals surface area (Å²) in [6.07, 6.45) is 0. The zero-order valence-electron chi connectivity index (χ0n) is 9.88. The highest BCUT2D eigenvalue weighted by molar-refractivity contribution is 5.94. The van der Waals surface area contributed by atoms with Gasteiger partial charge in [0.05, 0.1) is 12.7 Å². The Morgan fingerprint density at radius 2 is 2.00 bits per heavy atom. The average molecular weight is 262 g/mol. The Morgan fingerprint density at radius 1 is 1.26 bits per heavy atom. The number of carbonyl (C=O) groups excluding carboxylic acids is 1. The Morgan fingerprint density at radius 3 is 2.63 bits per heavy atom. The summed E-state index contributed by atoms with van der Waals surface area (Å²) in [5, 5.41) is 21.0. The molecule has 0 amide bonds. The number of aromatic amines is 2. The van der Waals surface area contributed by atoms with E-state index in [4.69, 9.17) is 0 Å². The predicted molar refractivity (Wildman–Crippen MR) is 65.0 cm³/mol. The largest absolute Gasteiger partial charge is 0.492 e. The lowest BCUT2D eigenvalue weighted by Crippen LogP contribution is -2.01. The number of nitrogens with one attached hydrogen (secondary N) is 2. The van der Waals surface area contributed by atoms with Crippen LogP contribution in [0.3, 0.4) is 0 Å². The van der Waals surface area contributed by atoms with E-state index in [-0.39, 0.29) is 16.9 Å². The van der Waals surface area contributed by atoms with Gasteiger partial charge in [0.15, 0.2) is 0 Å². The van der Waals surface area contributed by atoms with Crippen molar-refractivity contribution in [3.63, 3.8) is 0 Å². The lowest BCUT2D eigenvalue weighted by molar-refractivity contribution is 0.0601. The second kappa shape index (κ2) is 5.17. The third-order valence-corrected chi connectivity index (χ3v) is 2.30. The highest BCUT2D eigenvalue weighted by Gasteiger charge is 2.12. The van der Waals surface area contributed by atoms with Crippen LogP contribution in [0.4, 0.5) is 11.4 Å². The van der Waals surface area contributed by atoms with E-state index in [2.05, 4.69) is 25.2 Å². The highest BCUT2D eigenvalue weighted by atomic mass is 16.5. The highest BCUT2D eigenvalue weighted by Crippen LogP contribution is 2.24. The molecule has 1 heterocycles. The molecule has 3 N–H and O–H groups in total. The van der Waals surface area contributed by atoms with E-state index < -0.39 is 17.4 Å². The number of H-pyrrole nitrogens is 2. The number of carbonyl (C=O) groups is 1. The Bertz CT molecular complexity index is 686. The molecule has 98 valence electrons. The van der Waals surface area contributed by atoms with Crippen LogP contribution < -0.4 is 5.56 Å². The fourth-order valence-electron chi connectivity index (χ4n) is 1.38. The van der Waals surface area contributed by atoms with E-state index >= 15 is 0 Å². The summed E-state index contributed by atoms with van der Waals surface area (Å²) >= 11 is 0. The van der Waals surface area contributed by atoms with Gasteiger partial charge < -0.3 is 9.84 Å². The summed E-state index contributed by atoms with van der Waals surface area (Å²) in [5.41, 5.74) is -0.439. The van der Waals surface area contributed by atoms with Crippen LogP contribution in [0.25, 0.3) is 0 Å². The number of rotatable bonds is 3. The fourth-order valence-corrected chi connectivity index (χ4v) is 1.38. The van der Waals surface area contributed by atoms with Crippen molar-refractivity contribution in [2.24, 2.45) is 10.2 Å². The minimum absolute atomic E-state index is 0.209. The summed E-state index contributed by atoms with van der Waals surface area (Å²) in [7, 11) is 1.25. The maximum atomic E-state index is 11.5. The molecule has 0 spiro atoms. The first-order valence-corrected chi connectivity index (χ1v) is 5.22. The van der Waals surface area contributed by atoms with Crippen LogP contribution in [0.5, 0.6) is 5.88 Å². The van der Waals surface area contributed by atoms with Crippen molar-refractivity contribution in [3.05, 3.63) is 40.2 Å². The summed E-state index contributed by atoms with van der Waals surface area (Å²) < 4.78 is 4.60. The molecule has 1 aromatic carbocycles. The third kappa shape index (κ3) is 2.51. The number of methoxy groups -OCH3 is 1. The molecule has 19 heavy (non-hydrogen) atoms. The average Bonchev–Trinajstić information content (AvgIpc) is 2.75. The third-order valence-electron chi connectivity index (χ3n) is 2.30. The van der Waals surface area contributed by atoms with E-state index in [1.165, 1.54) is 19.2 Å². The van der Waals surface area contributed by atoms with Crippen LogP contribution >= 0.6 is 0 Å². The fraction of sp³-hybridized carbons (Fsp3) is 0.0909. The zero-order chi connectivity index (χ0) is 13.8. The number of aromatic nitrogens is 2. The number of ether oxygens (including phenoxy) is 1. The number of esters is 1. The number of benzene rings is 1. The maximum Gasteiger partial charge on any atom is 0.340 e. The predicted octanol–water partition coefficient (Wildman–Crippen LogP) is 1.61. The number of azo groups is 1. The Kier molecular flexibility index (Phi) is 3.42. The van der Waals surface area contributed by atoms with Crippen LogP contribution in [0.1, 0.15) is 10.4 Å². The van der Waals surface area contributed by atoms with Gasteiger partial charge in [-0.1, -0.05) is 12.1 Å². The van der Waals surface area contributed by atoms with Gasteiger partial charge in [0.25, 0.3) is 5.56 Å². The number of hydrogen-bond donors (Lipinski definition) is 3. The molecule has 2 rings (SSSR count). The molecule has 0 aliphatic carbocycles. The molecule has 1 aromatic heterocycles. The first kappa shape index (κ1) is 12.6. The maximum absolute atomic E-state index is 11.5. The summed E-state index contributed by atoms with van der Waals surface area (Å²) in [4.78, 5) is 22.7. The molecule has 0 radical (unpaired) electrons. The molecule has 2 aromatic rings. The molecule has 0 aliphatic heterocycles. The van der Waals surface area contributed by atoms with Crippen molar-refractivity contribution >= 4 is 17.3 Å². The van der Waals surface area contributed by atoms with Crippen molar-refractivity contribution in [2.45, 2.75) is 0 Å². The monoisotopic (exact) mass is 262 g/mol. The van der Waals surface area contributed by atoms with Gasteiger partial charge in [-0.25, -0.2) is 4.79 Å². The minimum atomic E-state index is -0.614. The van der Waals surface area contributed by atoms with Crippen molar-refractivity contribution < 1.29 is 14.6 Å². The van der Waals surface area contributed by atoms with Gasteiger partial charge in [0, 0.05) is 0 Å². The van der Waals surface area contributed by atoms with E-state index in [0.29, 0.717) is 0 Å². The second-order valence-electron chi connectivity index (χ2n) is 3.49. The molecule has 0 bridgehead atoms. The molecule has 0 saturated heterocycles. The van der Waals surface area contributed by atoms with Crippen LogP contribution in [0, 0.1) is 0 Å². The summed E-state index contributed by atoms with van der Waals surface area (Å²) in [6.45, 7) is 0. The lowest BCUT2D eigenvalue weighted by atomic mass is 10.2. The van der Waals surface area contributed by atoms with E-state index in [0.717, 1.165) is 0 Å². The van der Waals surface area contributed by atoms with Gasteiger partial charge in [0.2, 0.25) is 11.6 Å². The summed E-state index contributed by atoms with van der Waals surface area (Å²) in [6, 6.07) is 6.35. The van der Waals surface area contributed by atoms with Gasteiger partial charge in [-0.2, -0.15) is 0 Å². The van der Waals surface area contributed by atoms with E-state index in [1.54, 1.807) is 12.1 Å². The standard InChI is InChI=1S/C11H10N4O4/c1-19-11(18)6-4-2-3-5-7(6)12-13-8-9(16)14-15-10(8)17/h2-5H,1H3,(H3,14,15,16,17). The lowest BCUT2D eigenvalue weighted by Gasteiger charge is -2.01. The molecule has 0 fully saturated rings. The normalized spacial score (nSPS) is 10.8. The van der Waals surface area contributed by atoms with Crippen molar-refractivity contribution in [1.29, 1.82) is 0 Å². The quantitative estimate of drug-likeness (QED) is 0.574. The van der Waals surface area contributed by atoms with Crippen LogP contribution in [0.2, 0.25) is 0 Å². The molecular weight excluding hydrogens is 252 g/mol. The molecule has 0 atom stereocenters. The van der Waals surface area contributed by atoms with Crippen molar-refractivity contribution in [1.82, 2.24) is 10.2 Å². The Labute approximate surface area is 106 Å². The Balaban J connectivity index is 2.39. The smallest absolute Gasteiger partial charge is 0.340 e. The molecular formula is C11H10N4O4. The van der Waals surface area contributed by atoms with Crippen LogP contribution in [-0.2, 0) is 4.74 Å². The first-order valence-electron chi connectivity index (χ1n) is 5.22. The zero-order valence-corrected chi connectivity index (χ0v) is 9.88. The van der Waals surface area contributed by atoms with Crippen molar-refractivity contribution in [2.75, 3.05) is 7.11 Å². The summed E-state index contributed by atoms with van der Waals surface area (Å²) in [5.74, 6) is -0.994. The minimum Gasteiger partial charge on any atom is -0.492 e. The topological polar surface area (TPSA) is 120 Å². The van der Waals surface area contributed by atoms with Gasteiger partial charge in [-0.3, -0.25) is 15.0 Å². The molecule has 0 aliphatic rings. The second-order valence-corrected chi connectivity index (χ2v) is 3.49. The van der Waals surface area contributed by atoms with E-state index in [1.807, 2.05) is 0 Å². The van der Waals surface area contributed by atoms with Gasteiger partial charge >= 0.3 is 5.97 Å². The van der Waals surface area contributed by atoms with Crippen molar-refractivity contribution in [3.8, 4) is 5.88 Å². The van der Waals surface area contributed by atoms with Gasteiger partial charge in [-0.05, 0) is 12.1 Å². The molecule has 8 heteroatoms. The molecule has 8 nitrogen and oxygen atoms in total. The molecule has 0 saturated carbocycles.